The van der Waals surface area contributed by atoms with Gasteiger partial charge in [0.2, 0.25) is 0 Å². The van der Waals surface area contributed by atoms with Crippen LogP contribution < -0.4 is 5.32 Å². The Kier molecular flexibility index (Phi) is 5.95. The van der Waals surface area contributed by atoms with E-state index in [9.17, 15) is 9.90 Å². The molecule has 0 unspecified atom stereocenters. The van der Waals surface area contributed by atoms with Crippen molar-refractivity contribution in [1.29, 1.82) is 0 Å². The number of nitrogens with one attached hydrogen (secondary N) is 1. The summed E-state index contributed by atoms with van der Waals surface area (Å²) in [5, 5.41) is 13.3. The molecule has 3 rings (SSSR count). The van der Waals surface area contributed by atoms with E-state index in [-0.39, 0.29) is 12.5 Å². The molecule has 1 aliphatic carbocycles. The molecule has 1 aliphatic rings. The summed E-state index contributed by atoms with van der Waals surface area (Å²) in [4.78, 5) is 12.7. The van der Waals surface area contributed by atoms with Crippen LogP contribution in [0.25, 0.3) is 10.9 Å². The van der Waals surface area contributed by atoms with Crippen molar-refractivity contribution in [3.8, 4) is 0 Å². The Morgan fingerprint density at radius 3 is 2.71 bits per heavy atom. The van der Waals surface area contributed by atoms with Gasteiger partial charge in [-0.3, -0.25) is 4.79 Å². The maximum Gasteiger partial charge on any atom is 0.253 e. The van der Waals surface area contributed by atoms with Crippen molar-refractivity contribution in [1.82, 2.24) is 9.88 Å². The molecule has 1 saturated carbocycles. The molecule has 0 saturated heterocycles. The predicted molar refractivity (Wildman–Crippen MR) is 100 cm³/mol. The lowest BCUT2D eigenvalue weighted by molar-refractivity contribution is 0.0947. The van der Waals surface area contributed by atoms with Crippen LogP contribution in [-0.2, 0) is 6.54 Å². The van der Waals surface area contributed by atoms with Crippen molar-refractivity contribution in [3.05, 3.63) is 34.4 Å². The monoisotopic (exact) mass is 392 g/mol. The number of aliphatic hydroxyl groups excluding tert-OH is 1. The van der Waals surface area contributed by atoms with Crippen LogP contribution in [0.2, 0.25) is 0 Å². The molecule has 130 valence electrons. The van der Waals surface area contributed by atoms with Gasteiger partial charge < -0.3 is 15.0 Å². The third kappa shape index (κ3) is 4.01. The maximum absolute atomic E-state index is 12.7. The standard InChI is InChI=1S/C19H25BrN2O2/c20-15-7-8-18-16(11-15)17(13-22(18)9-10-23)19(24)21-12-14-5-3-1-2-4-6-14/h7-8,11,13-14,23H,1-6,9-10,12H2,(H,21,24). The van der Waals surface area contributed by atoms with Crippen LogP contribution >= 0.6 is 15.9 Å². The fourth-order valence-corrected chi connectivity index (χ4v) is 4.00. The highest BCUT2D eigenvalue weighted by atomic mass is 79.9. The highest BCUT2D eigenvalue weighted by Crippen LogP contribution is 2.26. The molecular formula is C19H25BrN2O2. The van der Waals surface area contributed by atoms with E-state index in [1.54, 1.807) is 0 Å². The summed E-state index contributed by atoms with van der Waals surface area (Å²) in [5.74, 6) is 0.591. The number of aliphatic hydroxyl groups is 1. The third-order valence-corrected chi connectivity index (χ3v) is 5.45. The Hall–Kier alpha value is -1.33. The molecule has 4 nitrogen and oxygen atoms in total. The zero-order valence-electron chi connectivity index (χ0n) is 13.9. The molecular weight excluding hydrogens is 368 g/mol. The Morgan fingerprint density at radius 2 is 2.00 bits per heavy atom. The van der Waals surface area contributed by atoms with Gasteiger partial charge in [-0.25, -0.2) is 0 Å². The van der Waals surface area contributed by atoms with Crippen LogP contribution in [0.4, 0.5) is 0 Å². The largest absolute Gasteiger partial charge is 0.395 e. The van der Waals surface area contributed by atoms with Gasteiger partial charge in [-0.1, -0.05) is 41.6 Å². The number of aromatic nitrogens is 1. The SMILES string of the molecule is O=C(NCC1CCCCCC1)c1cn(CCO)c2ccc(Br)cc12. The maximum atomic E-state index is 12.7. The fraction of sp³-hybridized carbons (Fsp3) is 0.526. The van der Waals surface area contributed by atoms with Crippen LogP contribution in [0.15, 0.2) is 28.9 Å². The van der Waals surface area contributed by atoms with Crippen molar-refractivity contribution in [2.75, 3.05) is 13.2 Å². The number of hydrogen-bond donors (Lipinski definition) is 2. The summed E-state index contributed by atoms with van der Waals surface area (Å²) in [6.07, 6.45) is 9.51. The summed E-state index contributed by atoms with van der Waals surface area (Å²) in [5.41, 5.74) is 1.67. The normalized spacial score (nSPS) is 16.2. The second-order valence-electron chi connectivity index (χ2n) is 6.69. The second-order valence-corrected chi connectivity index (χ2v) is 7.60. The van der Waals surface area contributed by atoms with E-state index in [4.69, 9.17) is 0 Å². The van der Waals surface area contributed by atoms with E-state index in [1.807, 2.05) is 29.0 Å². The van der Waals surface area contributed by atoms with Gasteiger partial charge in [-0.2, -0.15) is 0 Å². The molecule has 0 atom stereocenters. The second kappa shape index (κ2) is 8.17. The molecule has 0 aliphatic heterocycles. The lowest BCUT2D eigenvalue weighted by atomic mass is 10.0. The van der Waals surface area contributed by atoms with Gasteiger partial charge in [-0.15, -0.1) is 0 Å². The molecule has 24 heavy (non-hydrogen) atoms. The third-order valence-electron chi connectivity index (χ3n) is 4.95. The molecule has 1 aromatic heterocycles. The first-order chi connectivity index (χ1) is 11.7. The zero-order valence-corrected chi connectivity index (χ0v) is 15.5. The first kappa shape index (κ1) is 17.5. The number of hydrogen-bond acceptors (Lipinski definition) is 2. The quantitative estimate of drug-likeness (QED) is 0.752. The number of halogens is 1. The van der Waals surface area contributed by atoms with Crippen molar-refractivity contribution in [3.63, 3.8) is 0 Å². The smallest absolute Gasteiger partial charge is 0.253 e. The van der Waals surface area contributed by atoms with Crippen LogP contribution in [0.1, 0.15) is 48.9 Å². The summed E-state index contributed by atoms with van der Waals surface area (Å²) in [6.45, 7) is 1.32. The van der Waals surface area contributed by atoms with Gasteiger partial charge in [0.25, 0.3) is 5.91 Å². The van der Waals surface area contributed by atoms with Gasteiger partial charge in [0.15, 0.2) is 0 Å². The van der Waals surface area contributed by atoms with Crippen LogP contribution in [-0.4, -0.2) is 28.7 Å². The lowest BCUT2D eigenvalue weighted by Gasteiger charge is -2.14. The minimum atomic E-state index is -0.0148. The number of fused-ring (bicyclic) bond motifs is 1. The first-order valence-corrected chi connectivity index (χ1v) is 9.66. The molecule has 1 aromatic carbocycles. The summed E-state index contributed by atoms with van der Waals surface area (Å²) < 4.78 is 2.90. The number of nitrogens with zero attached hydrogens (tertiary/aromatic N) is 1. The predicted octanol–water partition coefficient (Wildman–Crippen LogP) is 4.10. The number of carbonyl (C=O) groups excluding carboxylic acids is 1. The van der Waals surface area contributed by atoms with Gasteiger partial charge in [0, 0.05) is 34.7 Å². The Morgan fingerprint density at radius 1 is 1.25 bits per heavy atom. The molecule has 0 radical (unpaired) electrons. The molecule has 1 amide bonds. The van der Waals surface area contributed by atoms with E-state index in [0.29, 0.717) is 18.0 Å². The summed E-state index contributed by atoms with van der Waals surface area (Å²) in [6, 6.07) is 5.92. The minimum Gasteiger partial charge on any atom is -0.395 e. The molecule has 2 N–H and O–H groups in total. The van der Waals surface area contributed by atoms with E-state index in [1.165, 1.54) is 38.5 Å². The van der Waals surface area contributed by atoms with E-state index in [0.717, 1.165) is 21.9 Å². The lowest BCUT2D eigenvalue weighted by Crippen LogP contribution is -2.29. The number of benzene rings is 1. The van der Waals surface area contributed by atoms with Gasteiger partial charge >= 0.3 is 0 Å². The summed E-state index contributed by atoms with van der Waals surface area (Å²) in [7, 11) is 0. The highest BCUT2D eigenvalue weighted by molar-refractivity contribution is 9.10. The van der Waals surface area contributed by atoms with Crippen molar-refractivity contribution in [2.45, 2.75) is 45.1 Å². The van der Waals surface area contributed by atoms with Gasteiger partial charge in [-0.05, 0) is 37.0 Å². The number of rotatable bonds is 5. The van der Waals surface area contributed by atoms with Gasteiger partial charge in [0.1, 0.15) is 0 Å². The number of carbonyl (C=O) groups is 1. The molecule has 1 fully saturated rings. The average Bonchev–Trinajstić information content (AvgIpc) is 2.75. The van der Waals surface area contributed by atoms with Crippen LogP contribution in [0.3, 0.4) is 0 Å². The van der Waals surface area contributed by atoms with Crippen molar-refractivity contribution >= 4 is 32.7 Å². The van der Waals surface area contributed by atoms with Crippen molar-refractivity contribution in [2.24, 2.45) is 5.92 Å². The molecule has 2 aromatic rings. The zero-order chi connectivity index (χ0) is 16.9. The van der Waals surface area contributed by atoms with Crippen molar-refractivity contribution < 1.29 is 9.90 Å². The van der Waals surface area contributed by atoms with Crippen LogP contribution in [0.5, 0.6) is 0 Å². The van der Waals surface area contributed by atoms with E-state index in [2.05, 4.69) is 21.2 Å². The average molecular weight is 393 g/mol. The highest BCUT2D eigenvalue weighted by Gasteiger charge is 2.18. The molecule has 1 heterocycles. The molecule has 0 spiro atoms. The van der Waals surface area contributed by atoms with Gasteiger partial charge in [0.05, 0.1) is 12.2 Å². The number of amides is 1. The fourth-order valence-electron chi connectivity index (χ4n) is 3.64. The molecule has 5 heteroatoms. The Bertz CT molecular complexity index is 703. The Balaban J connectivity index is 1.77. The Labute approximate surface area is 151 Å². The minimum absolute atomic E-state index is 0.0148. The molecule has 0 bridgehead atoms. The van der Waals surface area contributed by atoms with E-state index < -0.39 is 0 Å². The first-order valence-electron chi connectivity index (χ1n) is 8.86. The topological polar surface area (TPSA) is 54.3 Å². The van der Waals surface area contributed by atoms with E-state index >= 15 is 0 Å². The summed E-state index contributed by atoms with van der Waals surface area (Å²) >= 11 is 3.48. The van der Waals surface area contributed by atoms with Crippen LogP contribution in [0, 0.1) is 5.92 Å².